The van der Waals surface area contributed by atoms with Crippen LogP contribution in [0.15, 0.2) is 17.0 Å². The van der Waals surface area contributed by atoms with Crippen molar-refractivity contribution in [1.29, 1.82) is 0 Å². The molecule has 0 aliphatic heterocycles. The maximum atomic E-state index is 13.4. The SMILES string of the molecule is Cc1cc(S(=O)(=O)NCC(F)(F)F)c(F)cc1Cl. The number of hydrogen-bond acceptors (Lipinski definition) is 2. The molecule has 0 aromatic heterocycles. The maximum absolute atomic E-state index is 13.4. The van der Waals surface area contributed by atoms with E-state index in [0.717, 1.165) is 12.1 Å². The Morgan fingerprint density at radius 2 is 1.89 bits per heavy atom. The van der Waals surface area contributed by atoms with Gasteiger partial charge in [0.15, 0.2) is 0 Å². The van der Waals surface area contributed by atoms with Crippen molar-refractivity contribution in [2.75, 3.05) is 6.54 Å². The second-order valence-electron chi connectivity index (χ2n) is 3.47. The number of nitrogens with one attached hydrogen (secondary N) is 1. The molecule has 102 valence electrons. The van der Waals surface area contributed by atoms with Gasteiger partial charge in [0.2, 0.25) is 10.0 Å². The number of alkyl halides is 3. The van der Waals surface area contributed by atoms with Crippen LogP contribution in [-0.2, 0) is 10.0 Å². The third-order valence-corrected chi connectivity index (χ3v) is 3.79. The van der Waals surface area contributed by atoms with E-state index in [1.807, 2.05) is 0 Å². The molecule has 0 radical (unpaired) electrons. The Bertz CT molecular complexity index is 556. The second-order valence-corrected chi connectivity index (χ2v) is 5.61. The summed E-state index contributed by atoms with van der Waals surface area (Å²) in [5, 5.41) is -0.0118. The fourth-order valence-corrected chi connectivity index (χ4v) is 2.40. The molecule has 0 aliphatic carbocycles. The van der Waals surface area contributed by atoms with Crippen LogP contribution in [0.2, 0.25) is 5.02 Å². The highest BCUT2D eigenvalue weighted by molar-refractivity contribution is 7.89. The topological polar surface area (TPSA) is 46.2 Å². The molecule has 0 bridgehead atoms. The summed E-state index contributed by atoms with van der Waals surface area (Å²) in [6.07, 6.45) is -4.72. The second kappa shape index (κ2) is 5.02. The van der Waals surface area contributed by atoms with Crippen molar-refractivity contribution in [2.24, 2.45) is 0 Å². The molecule has 0 fully saturated rings. The lowest BCUT2D eigenvalue weighted by Crippen LogP contribution is -2.34. The van der Waals surface area contributed by atoms with Gasteiger partial charge < -0.3 is 0 Å². The zero-order chi connectivity index (χ0) is 14.1. The summed E-state index contributed by atoms with van der Waals surface area (Å²) in [5.41, 5.74) is 0.241. The molecular weight excluding hydrogens is 298 g/mol. The fraction of sp³-hybridized carbons (Fsp3) is 0.333. The van der Waals surface area contributed by atoms with Crippen LogP contribution in [0.4, 0.5) is 17.6 Å². The number of rotatable bonds is 3. The summed E-state index contributed by atoms with van der Waals surface area (Å²) < 4.78 is 73.3. The highest BCUT2D eigenvalue weighted by Gasteiger charge is 2.31. The van der Waals surface area contributed by atoms with Gasteiger partial charge in [0, 0.05) is 5.02 Å². The first kappa shape index (κ1) is 15.2. The Morgan fingerprint density at radius 1 is 1.33 bits per heavy atom. The molecule has 0 amide bonds. The molecule has 18 heavy (non-hydrogen) atoms. The Labute approximate surface area is 106 Å². The van der Waals surface area contributed by atoms with Gasteiger partial charge in [-0.15, -0.1) is 0 Å². The van der Waals surface area contributed by atoms with E-state index in [9.17, 15) is 26.0 Å². The van der Waals surface area contributed by atoms with E-state index in [1.54, 1.807) is 0 Å². The zero-order valence-corrected chi connectivity index (χ0v) is 10.5. The lowest BCUT2D eigenvalue weighted by atomic mass is 10.2. The van der Waals surface area contributed by atoms with Gasteiger partial charge in [0.25, 0.3) is 0 Å². The van der Waals surface area contributed by atoms with Crippen LogP contribution in [0.5, 0.6) is 0 Å². The van der Waals surface area contributed by atoms with E-state index in [4.69, 9.17) is 11.6 Å². The van der Waals surface area contributed by atoms with Crippen molar-refractivity contribution < 1.29 is 26.0 Å². The van der Waals surface area contributed by atoms with Gasteiger partial charge >= 0.3 is 6.18 Å². The van der Waals surface area contributed by atoms with Gasteiger partial charge in [-0.1, -0.05) is 11.6 Å². The van der Waals surface area contributed by atoms with Crippen LogP contribution in [0.1, 0.15) is 5.56 Å². The summed E-state index contributed by atoms with van der Waals surface area (Å²) in [6.45, 7) is -0.360. The largest absolute Gasteiger partial charge is 0.402 e. The molecule has 0 aliphatic rings. The maximum Gasteiger partial charge on any atom is 0.402 e. The summed E-state index contributed by atoms with van der Waals surface area (Å²) in [5.74, 6) is -1.21. The highest BCUT2D eigenvalue weighted by atomic mass is 35.5. The summed E-state index contributed by atoms with van der Waals surface area (Å²) in [4.78, 5) is -0.867. The molecule has 0 saturated heterocycles. The highest BCUT2D eigenvalue weighted by Crippen LogP contribution is 2.23. The molecule has 0 atom stereocenters. The summed E-state index contributed by atoms with van der Waals surface area (Å²) >= 11 is 5.55. The van der Waals surface area contributed by atoms with E-state index in [1.165, 1.54) is 11.6 Å². The molecule has 0 unspecified atom stereocenters. The van der Waals surface area contributed by atoms with Crippen LogP contribution < -0.4 is 4.72 Å². The van der Waals surface area contributed by atoms with Crippen LogP contribution in [-0.4, -0.2) is 21.1 Å². The summed E-state index contributed by atoms with van der Waals surface area (Å²) in [7, 11) is -4.57. The number of sulfonamides is 1. The molecular formula is C9H8ClF4NO2S. The molecule has 1 rings (SSSR count). The van der Waals surface area contributed by atoms with Crippen molar-refractivity contribution in [3.63, 3.8) is 0 Å². The minimum absolute atomic E-state index is 0.0118. The average Bonchev–Trinajstić information content (AvgIpc) is 2.19. The predicted molar refractivity (Wildman–Crippen MR) is 57.4 cm³/mol. The molecule has 3 nitrogen and oxygen atoms in total. The smallest absolute Gasteiger partial charge is 0.207 e. The Balaban J connectivity index is 3.10. The van der Waals surface area contributed by atoms with Crippen molar-refractivity contribution in [1.82, 2.24) is 4.72 Å². The third kappa shape index (κ3) is 3.82. The molecule has 0 spiro atoms. The van der Waals surface area contributed by atoms with E-state index in [0.29, 0.717) is 0 Å². The van der Waals surface area contributed by atoms with Crippen LogP contribution in [0.3, 0.4) is 0 Å². The number of hydrogen-bond donors (Lipinski definition) is 1. The summed E-state index contributed by atoms with van der Waals surface area (Å²) in [6, 6.07) is 1.61. The van der Waals surface area contributed by atoms with Crippen molar-refractivity contribution in [3.05, 3.63) is 28.5 Å². The van der Waals surface area contributed by atoms with Gasteiger partial charge in [-0.2, -0.15) is 13.2 Å². The Morgan fingerprint density at radius 3 is 2.39 bits per heavy atom. The van der Waals surface area contributed by atoms with Crippen LogP contribution >= 0.6 is 11.6 Å². The number of benzene rings is 1. The monoisotopic (exact) mass is 305 g/mol. The lowest BCUT2D eigenvalue weighted by Gasteiger charge is -2.11. The number of halogens is 5. The Hall–Kier alpha value is -0.860. The van der Waals surface area contributed by atoms with Crippen LogP contribution in [0, 0.1) is 12.7 Å². The van der Waals surface area contributed by atoms with Gasteiger partial charge in [0.1, 0.15) is 17.3 Å². The van der Waals surface area contributed by atoms with E-state index < -0.39 is 33.5 Å². The lowest BCUT2D eigenvalue weighted by molar-refractivity contribution is -0.121. The third-order valence-electron chi connectivity index (χ3n) is 1.97. The number of aryl methyl sites for hydroxylation is 1. The molecule has 1 aromatic carbocycles. The molecule has 0 saturated carbocycles. The predicted octanol–water partition coefficient (Wildman–Crippen LogP) is 2.63. The van der Waals surface area contributed by atoms with Gasteiger partial charge in [0.05, 0.1) is 0 Å². The Kier molecular flexibility index (Phi) is 4.24. The van der Waals surface area contributed by atoms with Crippen molar-refractivity contribution >= 4 is 21.6 Å². The quantitative estimate of drug-likeness (QED) is 0.873. The molecule has 9 heteroatoms. The molecule has 1 aromatic rings. The average molecular weight is 306 g/mol. The van der Waals surface area contributed by atoms with E-state index in [-0.39, 0.29) is 10.6 Å². The van der Waals surface area contributed by atoms with Crippen molar-refractivity contribution in [2.45, 2.75) is 18.0 Å². The first-order chi connectivity index (χ1) is 8.03. The minimum atomic E-state index is -4.72. The van der Waals surface area contributed by atoms with Crippen molar-refractivity contribution in [3.8, 4) is 0 Å². The fourth-order valence-electron chi connectivity index (χ4n) is 1.09. The van der Waals surface area contributed by atoms with Gasteiger partial charge in [-0.25, -0.2) is 17.5 Å². The standard InChI is InChI=1S/C9H8ClF4NO2S/c1-5-2-8(7(11)3-6(5)10)18(16,17)15-4-9(12,13)14/h2-3,15H,4H2,1H3. The molecule has 1 N–H and O–H groups in total. The molecule has 0 heterocycles. The minimum Gasteiger partial charge on any atom is -0.207 e. The van der Waals surface area contributed by atoms with Gasteiger partial charge in [-0.05, 0) is 24.6 Å². The van der Waals surface area contributed by atoms with Gasteiger partial charge in [-0.3, -0.25) is 0 Å². The normalized spacial score (nSPS) is 12.8. The van der Waals surface area contributed by atoms with Crippen LogP contribution in [0.25, 0.3) is 0 Å². The van der Waals surface area contributed by atoms with E-state index in [2.05, 4.69) is 0 Å². The first-order valence-corrected chi connectivity index (χ1v) is 6.41. The zero-order valence-electron chi connectivity index (χ0n) is 8.98. The first-order valence-electron chi connectivity index (χ1n) is 4.55. The van der Waals surface area contributed by atoms with E-state index >= 15 is 0 Å².